The second-order valence-corrected chi connectivity index (χ2v) is 7.49. The first-order chi connectivity index (χ1) is 13.1. The van der Waals surface area contributed by atoms with Crippen LogP contribution in [0.3, 0.4) is 0 Å². The molecule has 6 heteroatoms. The average molecular weight is 376 g/mol. The van der Waals surface area contributed by atoms with Gasteiger partial charge in [0.25, 0.3) is 0 Å². The molecule has 0 bridgehead atoms. The molecule has 0 fully saturated rings. The highest BCUT2D eigenvalue weighted by Gasteiger charge is 2.13. The first-order valence-corrected chi connectivity index (χ1v) is 9.70. The molecule has 0 radical (unpaired) electrons. The van der Waals surface area contributed by atoms with Crippen molar-refractivity contribution in [2.75, 3.05) is 24.8 Å². The lowest BCUT2D eigenvalue weighted by molar-refractivity contribution is 0.849. The van der Waals surface area contributed by atoms with Gasteiger partial charge in [-0.1, -0.05) is 66.4 Å². The molecule has 3 aromatic carbocycles. The van der Waals surface area contributed by atoms with E-state index in [1.807, 2.05) is 26.2 Å². The van der Waals surface area contributed by atoms with Crippen molar-refractivity contribution >= 4 is 28.2 Å². The molecule has 136 valence electrons. The Morgan fingerprint density at radius 1 is 0.963 bits per heavy atom. The van der Waals surface area contributed by atoms with Crippen molar-refractivity contribution in [3.63, 3.8) is 0 Å². The zero-order valence-corrected chi connectivity index (χ0v) is 16.1. The number of nitrogen functional groups attached to an aromatic ring is 1. The Labute approximate surface area is 162 Å². The Hall–Kier alpha value is -2.99. The van der Waals surface area contributed by atoms with Gasteiger partial charge in [0.2, 0.25) is 5.16 Å². The van der Waals surface area contributed by atoms with Crippen LogP contribution in [0.4, 0.5) is 5.69 Å². The van der Waals surface area contributed by atoms with Gasteiger partial charge < -0.3 is 10.7 Å². The fourth-order valence-electron chi connectivity index (χ4n) is 3.06. The van der Waals surface area contributed by atoms with E-state index in [1.165, 1.54) is 16.3 Å². The van der Waals surface area contributed by atoms with Crippen LogP contribution in [0.2, 0.25) is 0 Å². The lowest BCUT2D eigenvalue weighted by Gasteiger charge is -2.13. The van der Waals surface area contributed by atoms with E-state index in [0.29, 0.717) is 11.0 Å². The number of anilines is 1. The van der Waals surface area contributed by atoms with E-state index >= 15 is 0 Å². The molecule has 0 amide bonds. The van der Waals surface area contributed by atoms with Gasteiger partial charge in [-0.05, 0) is 28.5 Å². The number of rotatable bonds is 5. The van der Waals surface area contributed by atoms with Gasteiger partial charge in [-0.2, -0.15) is 0 Å². The molecule has 2 N–H and O–H groups in total. The fourth-order valence-corrected chi connectivity index (χ4v) is 3.92. The number of aromatic nitrogens is 3. The molecule has 1 heterocycles. The number of hydrogen-bond acceptors (Lipinski definition) is 5. The smallest absolute Gasteiger partial charge is 0.210 e. The predicted molar refractivity (Wildman–Crippen MR) is 113 cm³/mol. The van der Waals surface area contributed by atoms with Crippen molar-refractivity contribution in [1.82, 2.24) is 14.9 Å². The predicted octanol–water partition coefficient (Wildman–Crippen LogP) is 4.17. The van der Waals surface area contributed by atoms with Crippen LogP contribution in [0.5, 0.6) is 0 Å². The number of hydrogen-bond donors (Lipinski definition) is 1. The Bertz CT molecular complexity index is 1080. The van der Waals surface area contributed by atoms with Gasteiger partial charge in [0.15, 0.2) is 5.82 Å². The van der Waals surface area contributed by atoms with Gasteiger partial charge in [-0.15, -0.1) is 10.2 Å². The molecular weight excluding hydrogens is 354 g/mol. The Morgan fingerprint density at radius 2 is 1.74 bits per heavy atom. The maximum Gasteiger partial charge on any atom is 0.210 e. The summed E-state index contributed by atoms with van der Waals surface area (Å²) in [5, 5.41) is 11.8. The first-order valence-electron chi connectivity index (χ1n) is 8.71. The number of fused-ring (bicyclic) bond motifs is 1. The summed E-state index contributed by atoms with van der Waals surface area (Å²) in [4.78, 5) is 2.05. The van der Waals surface area contributed by atoms with Crippen LogP contribution in [0, 0.1) is 0 Å². The third-order valence-corrected chi connectivity index (χ3v) is 5.51. The third kappa shape index (κ3) is 3.48. The third-order valence-electron chi connectivity index (χ3n) is 4.52. The van der Waals surface area contributed by atoms with Gasteiger partial charge in [0.1, 0.15) is 0 Å². The van der Waals surface area contributed by atoms with Crippen molar-refractivity contribution in [1.29, 1.82) is 0 Å². The summed E-state index contributed by atoms with van der Waals surface area (Å²) < 4.78 is 1.57. The zero-order chi connectivity index (χ0) is 18.8. The van der Waals surface area contributed by atoms with E-state index in [4.69, 9.17) is 5.84 Å². The van der Waals surface area contributed by atoms with Crippen LogP contribution in [0.1, 0.15) is 5.56 Å². The molecule has 4 aromatic rings. The minimum Gasteiger partial charge on any atom is -0.378 e. The number of nitrogens with two attached hydrogens (primary N) is 1. The zero-order valence-electron chi connectivity index (χ0n) is 15.3. The van der Waals surface area contributed by atoms with Gasteiger partial charge >= 0.3 is 0 Å². The maximum absolute atomic E-state index is 6.30. The van der Waals surface area contributed by atoms with E-state index in [0.717, 1.165) is 17.0 Å². The maximum atomic E-state index is 6.30. The Kier molecular flexibility index (Phi) is 4.73. The van der Waals surface area contributed by atoms with Crippen LogP contribution >= 0.6 is 11.8 Å². The lowest BCUT2D eigenvalue weighted by atomic mass is 10.1. The SMILES string of the molecule is CN(C)c1cccc(-c2nnc(SCc3cccc4ccccc34)n2N)c1. The average Bonchev–Trinajstić information content (AvgIpc) is 3.07. The van der Waals surface area contributed by atoms with E-state index < -0.39 is 0 Å². The highest BCUT2D eigenvalue weighted by molar-refractivity contribution is 7.98. The number of nitrogens with zero attached hydrogens (tertiary/aromatic N) is 4. The standard InChI is InChI=1S/C21H21N5S/c1-25(2)18-11-6-9-16(13-18)20-23-24-21(26(20)22)27-14-17-10-5-8-15-7-3-4-12-19(15)17/h3-13H,14,22H2,1-2H3. The number of benzene rings is 3. The van der Waals surface area contributed by atoms with E-state index in [1.54, 1.807) is 16.4 Å². The Morgan fingerprint density at radius 3 is 2.59 bits per heavy atom. The molecule has 0 aliphatic carbocycles. The largest absolute Gasteiger partial charge is 0.378 e. The molecule has 0 aliphatic heterocycles. The molecular formula is C21H21N5S. The van der Waals surface area contributed by atoms with Crippen molar-refractivity contribution < 1.29 is 0 Å². The van der Waals surface area contributed by atoms with Crippen molar-refractivity contribution in [2.24, 2.45) is 0 Å². The van der Waals surface area contributed by atoms with E-state index in [9.17, 15) is 0 Å². The summed E-state index contributed by atoms with van der Waals surface area (Å²) in [5.41, 5.74) is 3.31. The van der Waals surface area contributed by atoms with Gasteiger partial charge in [-0.25, -0.2) is 4.68 Å². The second-order valence-electron chi connectivity index (χ2n) is 6.55. The minimum absolute atomic E-state index is 0.666. The first kappa shape index (κ1) is 17.4. The molecule has 1 aromatic heterocycles. The molecule has 4 rings (SSSR count). The van der Waals surface area contributed by atoms with Gasteiger partial charge in [0.05, 0.1) is 0 Å². The molecule has 5 nitrogen and oxygen atoms in total. The Balaban J connectivity index is 1.59. The summed E-state index contributed by atoms with van der Waals surface area (Å²) >= 11 is 1.59. The van der Waals surface area contributed by atoms with Gasteiger partial charge in [0, 0.05) is 31.1 Å². The van der Waals surface area contributed by atoms with E-state index in [-0.39, 0.29) is 0 Å². The molecule has 0 aliphatic rings. The van der Waals surface area contributed by atoms with Crippen LogP contribution < -0.4 is 10.7 Å². The summed E-state index contributed by atoms with van der Waals surface area (Å²) in [6, 6.07) is 22.9. The topological polar surface area (TPSA) is 60.0 Å². The van der Waals surface area contributed by atoms with Crippen molar-refractivity contribution in [2.45, 2.75) is 10.9 Å². The van der Waals surface area contributed by atoms with Crippen molar-refractivity contribution in [3.05, 3.63) is 72.3 Å². The van der Waals surface area contributed by atoms with Crippen LogP contribution in [-0.4, -0.2) is 29.0 Å². The second kappa shape index (κ2) is 7.32. The quantitative estimate of drug-likeness (QED) is 0.419. The molecule has 0 unspecified atom stereocenters. The van der Waals surface area contributed by atoms with Gasteiger partial charge in [-0.3, -0.25) is 0 Å². The monoisotopic (exact) mass is 375 g/mol. The summed E-state index contributed by atoms with van der Waals surface area (Å²) in [7, 11) is 4.02. The molecule has 0 saturated carbocycles. The normalized spacial score (nSPS) is 11.0. The lowest BCUT2D eigenvalue weighted by Crippen LogP contribution is -2.12. The fraction of sp³-hybridized carbons (Fsp3) is 0.143. The highest BCUT2D eigenvalue weighted by atomic mass is 32.2. The molecule has 0 atom stereocenters. The summed E-state index contributed by atoms with van der Waals surface area (Å²) in [6.07, 6.45) is 0. The van der Waals surface area contributed by atoms with Crippen LogP contribution in [0.25, 0.3) is 22.2 Å². The highest BCUT2D eigenvalue weighted by Crippen LogP contribution is 2.28. The van der Waals surface area contributed by atoms with E-state index in [2.05, 4.69) is 69.7 Å². The summed E-state index contributed by atoms with van der Waals surface area (Å²) in [6.45, 7) is 0. The molecule has 27 heavy (non-hydrogen) atoms. The molecule has 0 spiro atoms. The number of thioether (sulfide) groups is 1. The molecule has 0 saturated heterocycles. The van der Waals surface area contributed by atoms with Crippen LogP contribution in [0.15, 0.2) is 71.9 Å². The minimum atomic E-state index is 0.666. The van der Waals surface area contributed by atoms with Crippen molar-refractivity contribution in [3.8, 4) is 11.4 Å². The van der Waals surface area contributed by atoms with Crippen LogP contribution in [-0.2, 0) is 5.75 Å². The summed E-state index contributed by atoms with van der Waals surface area (Å²) in [5.74, 6) is 7.75.